The van der Waals surface area contributed by atoms with Crippen molar-refractivity contribution in [2.24, 2.45) is 0 Å². The molecule has 2 aromatic carbocycles. The summed E-state index contributed by atoms with van der Waals surface area (Å²) in [5, 5.41) is 3.33. The molecular formula is C32H38F3N3O6. The molecule has 3 aromatic rings. The van der Waals surface area contributed by atoms with Gasteiger partial charge in [-0.2, -0.15) is 0 Å². The van der Waals surface area contributed by atoms with Gasteiger partial charge in [0, 0.05) is 53.9 Å². The van der Waals surface area contributed by atoms with Gasteiger partial charge < -0.3 is 29.0 Å². The van der Waals surface area contributed by atoms with Gasteiger partial charge >= 0.3 is 18.5 Å². The molecule has 12 heteroatoms. The molecule has 0 radical (unpaired) electrons. The summed E-state index contributed by atoms with van der Waals surface area (Å²) in [7, 11) is 0. The fraction of sp³-hybridized carbons (Fsp3) is 0.469. The number of amides is 2. The van der Waals surface area contributed by atoms with Crippen LogP contribution in [0.1, 0.15) is 76.3 Å². The number of piperidine rings is 1. The van der Waals surface area contributed by atoms with E-state index in [1.165, 1.54) is 18.2 Å². The molecular weight excluding hydrogens is 579 g/mol. The van der Waals surface area contributed by atoms with Crippen LogP contribution in [-0.4, -0.2) is 58.6 Å². The molecule has 0 atom stereocenters. The van der Waals surface area contributed by atoms with Gasteiger partial charge in [-0.1, -0.05) is 6.07 Å². The van der Waals surface area contributed by atoms with E-state index in [9.17, 15) is 27.6 Å². The fourth-order valence-electron chi connectivity index (χ4n) is 5.17. The second kappa shape index (κ2) is 12.4. The molecule has 44 heavy (non-hydrogen) atoms. The first kappa shape index (κ1) is 32.7. The SMILES string of the molecule is CC(C)(C)OC(=O)NCc1cc(OC(F)(F)F)ccc1-c1cn(C2CCN(C(=O)OC(C)(C)C)CC2)c2ccc(C=O)cc12. The van der Waals surface area contributed by atoms with Crippen molar-refractivity contribution in [3.8, 4) is 16.9 Å². The third-order valence-corrected chi connectivity index (χ3v) is 6.93. The van der Waals surface area contributed by atoms with E-state index in [-0.39, 0.29) is 18.7 Å². The second-order valence-corrected chi connectivity index (χ2v) is 12.8. The molecule has 9 nitrogen and oxygen atoms in total. The Morgan fingerprint density at radius 2 is 1.59 bits per heavy atom. The average molecular weight is 618 g/mol. The highest BCUT2D eigenvalue weighted by atomic mass is 19.4. The van der Waals surface area contributed by atoms with E-state index in [0.717, 1.165) is 11.8 Å². The number of aromatic nitrogens is 1. The van der Waals surface area contributed by atoms with Gasteiger partial charge in [-0.3, -0.25) is 4.79 Å². The quantitative estimate of drug-likeness (QED) is 0.286. The first-order valence-corrected chi connectivity index (χ1v) is 14.4. The molecule has 0 spiro atoms. The standard InChI is InChI=1S/C32H38F3N3O6/c1-30(2,3)43-28(40)36-17-21-16-23(42-32(33,34)35)8-9-24(21)26-18-38(27-10-7-20(19-39)15-25(26)27)22-11-13-37(14-12-22)29(41)44-31(4,5)6/h7-10,15-16,18-19,22H,11-14,17H2,1-6H3,(H,36,40). The number of halogens is 3. The van der Waals surface area contributed by atoms with E-state index < -0.39 is 29.4 Å². The Morgan fingerprint density at radius 3 is 2.18 bits per heavy atom. The van der Waals surface area contributed by atoms with E-state index in [4.69, 9.17) is 9.47 Å². The van der Waals surface area contributed by atoms with Crippen LogP contribution in [0.5, 0.6) is 5.75 Å². The van der Waals surface area contributed by atoms with Crippen LogP contribution in [-0.2, 0) is 16.0 Å². The Labute approximate surface area is 254 Å². The molecule has 1 saturated heterocycles. The molecule has 1 N–H and O–H groups in total. The number of alkyl carbamates (subject to hydrolysis) is 1. The van der Waals surface area contributed by atoms with Crippen LogP contribution in [0.4, 0.5) is 22.8 Å². The van der Waals surface area contributed by atoms with Crippen molar-refractivity contribution >= 4 is 29.4 Å². The monoisotopic (exact) mass is 617 g/mol. The summed E-state index contributed by atoms with van der Waals surface area (Å²) in [6.45, 7) is 11.4. The highest BCUT2D eigenvalue weighted by Gasteiger charge is 2.32. The zero-order valence-corrected chi connectivity index (χ0v) is 25.7. The van der Waals surface area contributed by atoms with E-state index >= 15 is 0 Å². The van der Waals surface area contributed by atoms with Gasteiger partial charge in [0.05, 0.1) is 0 Å². The molecule has 2 amide bonds. The van der Waals surface area contributed by atoms with Crippen LogP contribution in [0.3, 0.4) is 0 Å². The smallest absolute Gasteiger partial charge is 0.444 e. The zero-order chi connectivity index (χ0) is 32.4. The molecule has 0 aliphatic carbocycles. The number of aldehydes is 1. The molecule has 238 valence electrons. The summed E-state index contributed by atoms with van der Waals surface area (Å²) in [4.78, 5) is 38.4. The number of likely N-dealkylation sites (tertiary alicyclic amines) is 1. The lowest BCUT2D eigenvalue weighted by Gasteiger charge is -2.34. The van der Waals surface area contributed by atoms with E-state index in [1.807, 2.05) is 33.0 Å². The van der Waals surface area contributed by atoms with Crippen LogP contribution in [0.15, 0.2) is 42.6 Å². The maximum atomic E-state index is 13.1. The summed E-state index contributed by atoms with van der Waals surface area (Å²) in [5.74, 6) is -0.436. The number of rotatable bonds is 6. The number of fused-ring (bicyclic) bond motifs is 1. The molecule has 1 fully saturated rings. The van der Waals surface area contributed by atoms with E-state index in [2.05, 4.69) is 14.6 Å². The maximum absolute atomic E-state index is 13.1. The van der Waals surface area contributed by atoms with Gasteiger partial charge in [0.15, 0.2) is 0 Å². The second-order valence-electron chi connectivity index (χ2n) is 12.8. The van der Waals surface area contributed by atoms with E-state index in [1.54, 1.807) is 37.8 Å². The lowest BCUT2D eigenvalue weighted by atomic mass is 9.98. The van der Waals surface area contributed by atoms with Crippen molar-refractivity contribution in [1.82, 2.24) is 14.8 Å². The predicted octanol–water partition coefficient (Wildman–Crippen LogP) is 7.62. The third kappa shape index (κ3) is 8.45. The van der Waals surface area contributed by atoms with Crippen molar-refractivity contribution in [3.05, 3.63) is 53.7 Å². The molecule has 0 bridgehead atoms. The summed E-state index contributed by atoms with van der Waals surface area (Å²) < 4.78 is 56.3. The number of hydrogen-bond acceptors (Lipinski definition) is 6. The maximum Gasteiger partial charge on any atom is 0.573 e. The first-order valence-electron chi connectivity index (χ1n) is 14.4. The number of alkyl halides is 3. The topological polar surface area (TPSA) is 99.1 Å². The largest absolute Gasteiger partial charge is 0.573 e. The van der Waals surface area contributed by atoms with Gasteiger partial charge in [-0.25, -0.2) is 9.59 Å². The molecule has 0 saturated carbocycles. The van der Waals surface area contributed by atoms with Crippen molar-refractivity contribution in [3.63, 3.8) is 0 Å². The van der Waals surface area contributed by atoms with Crippen LogP contribution in [0.2, 0.25) is 0 Å². The minimum Gasteiger partial charge on any atom is -0.444 e. The first-order chi connectivity index (χ1) is 20.4. The zero-order valence-electron chi connectivity index (χ0n) is 25.7. The molecule has 1 aromatic heterocycles. The predicted molar refractivity (Wildman–Crippen MR) is 159 cm³/mol. The number of benzene rings is 2. The highest BCUT2D eigenvalue weighted by Crippen LogP contribution is 2.39. The summed E-state index contributed by atoms with van der Waals surface area (Å²) in [6, 6.07) is 9.22. The fourth-order valence-corrected chi connectivity index (χ4v) is 5.17. The van der Waals surface area contributed by atoms with E-state index in [0.29, 0.717) is 53.6 Å². The Hall–Kier alpha value is -4.22. The average Bonchev–Trinajstić information content (AvgIpc) is 3.28. The van der Waals surface area contributed by atoms with Gasteiger partial charge in [-0.15, -0.1) is 13.2 Å². The van der Waals surface area contributed by atoms with Crippen LogP contribution >= 0.6 is 0 Å². The molecule has 0 unspecified atom stereocenters. The number of hydrogen-bond donors (Lipinski definition) is 1. The minimum atomic E-state index is -4.90. The number of nitrogens with zero attached hydrogens (tertiary/aromatic N) is 2. The highest BCUT2D eigenvalue weighted by molar-refractivity contribution is 5.99. The Morgan fingerprint density at radius 1 is 0.932 bits per heavy atom. The molecule has 1 aliphatic rings. The number of carbonyl (C=O) groups excluding carboxylic acids is 3. The van der Waals surface area contributed by atoms with Gasteiger partial charge in [0.2, 0.25) is 0 Å². The summed E-state index contributed by atoms with van der Waals surface area (Å²) in [5.41, 5.74) is 1.45. The minimum absolute atomic E-state index is 0.00296. The van der Waals surface area contributed by atoms with Gasteiger partial charge in [-0.05, 0) is 95.8 Å². The lowest BCUT2D eigenvalue weighted by molar-refractivity contribution is -0.274. The Bertz CT molecular complexity index is 1530. The van der Waals surface area contributed by atoms with Crippen LogP contribution < -0.4 is 10.1 Å². The summed E-state index contributed by atoms with van der Waals surface area (Å²) in [6.07, 6.45) is -2.08. The van der Waals surface area contributed by atoms with Crippen molar-refractivity contribution in [1.29, 1.82) is 0 Å². The van der Waals surface area contributed by atoms with Crippen molar-refractivity contribution in [2.75, 3.05) is 13.1 Å². The number of nitrogens with one attached hydrogen (secondary N) is 1. The normalized spacial score (nSPS) is 14.8. The van der Waals surface area contributed by atoms with Crippen LogP contribution in [0.25, 0.3) is 22.0 Å². The third-order valence-electron chi connectivity index (χ3n) is 6.93. The van der Waals surface area contributed by atoms with Crippen LogP contribution in [0, 0.1) is 0 Å². The number of carbonyl (C=O) groups is 3. The van der Waals surface area contributed by atoms with Gasteiger partial charge in [0.25, 0.3) is 0 Å². The molecule has 4 rings (SSSR count). The Balaban J connectivity index is 1.72. The molecule has 1 aliphatic heterocycles. The number of ether oxygens (including phenoxy) is 3. The van der Waals surface area contributed by atoms with Gasteiger partial charge in [0.1, 0.15) is 23.2 Å². The Kier molecular flexibility index (Phi) is 9.22. The molecule has 2 heterocycles. The summed E-state index contributed by atoms with van der Waals surface area (Å²) >= 11 is 0. The van der Waals surface area contributed by atoms with Crippen molar-refractivity contribution < 1.29 is 41.8 Å². The van der Waals surface area contributed by atoms with Crippen molar-refractivity contribution in [2.45, 2.75) is 84.5 Å². The lowest BCUT2D eigenvalue weighted by Crippen LogP contribution is -2.42.